The zero-order valence-corrected chi connectivity index (χ0v) is 26.0. The number of benzene rings is 4. The average Bonchev–Trinajstić information content (AvgIpc) is 3.09. The van der Waals surface area contributed by atoms with Crippen molar-refractivity contribution >= 4 is 23.8 Å². The number of nitrogens with one attached hydrogen (secondary N) is 2. The fourth-order valence-corrected chi connectivity index (χ4v) is 6.01. The summed E-state index contributed by atoms with van der Waals surface area (Å²) in [5, 5.41) is 14.8. The molecule has 0 unspecified atom stereocenters. The highest BCUT2D eigenvalue weighted by molar-refractivity contribution is 7.99. The molecule has 1 fully saturated rings. The van der Waals surface area contributed by atoms with Crippen molar-refractivity contribution in [3.05, 3.63) is 125 Å². The molecule has 0 saturated carbocycles. The summed E-state index contributed by atoms with van der Waals surface area (Å²) in [6.45, 7) is 2.10. The van der Waals surface area contributed by atoms with Crippen molar-refractivity contribution in [3.8, 4) is 11.1 Å². The summed E-state index contributed by atoms with van der Waals surface area (Å²) >= 11 is 1.77. The number of thioether (sulfide) groups is 1. The number of hydrogen-bond acceptors (Lipinski definition) is 7. The molecule has 5 rings (SSSR count). The zero-order chi connectivity index (χ0) is 31.4. The highest BCUT2D eigenvalue weighted by atomic mass is 32.2. The Labute approximate surface area is 268 Å². The van der Waals surface area contributed by atoms with E-state index in [1.165, 1.54) is 4.90 Å². The molecular formula is C36H38N2O6S. The molecule has 3 atom stereocenters. The number of urea groups is 1. The number of aliphatic hydroxyl groups is 1. The molecule has 2 amide bonds. The lowest BCUT2D eigenvalue weighted by Gasteiger charge is -2.36. The summed E-state index contributed by atoms with van der Waals surface area (Å²) in [5.74, 6) is 0.310. The van der Waals surface area contributed by atoms with Gasteiger partial charge in [-0.25, -0.2) is 4.79 Å². The summed E-state index contributed by atoms with van der Waals surface area (Å²) in [6, 6.07) is 33.9. The van der Waals surface area contributed by atoms with Crippen LogP contribution in [0.3, 0.4) is 0 Å². The van der Waals surface area contributed by atoms with Crippen LogP contribution in [0.1, 0.15) is 48.0 Å². The Hall–Kier alpha value is -4.15. The van der Waals surface area contributed by atoms with E-state index in [-0.39, 0.29) is 32.0 Å². The van der Waals surface area contributed by atoms with Crippen LogP contribution in [-0.2, 0) is 32.2 Å². The zero-order valence-electron chi connectivity index (χ0n) is 25.2. The Kier molecular flexibility index (Phi) is 11.6. The van der Waals surface area contributed by atoms with Crippen molar-refractivity contribution in [1.29, 1.82) is 0 Å². The quantitative estimate of drug-likeness (QED) is 0.121. The molecule has 234 valence electrons. The van der Waals surface area contributed by atoms with Gasteiger partial charge in [0.05, 0.1) is 25.4 Å². The molecule has 1 saturated heterocycles. The SMILES string of the molecule is CCOC(=O)CNC(=O)NCc1cccc(-c2cccc([C@@H]3O[C@H](CSc4ccccc4)C[C@H](c4ccc(CO)cc4)O3)c2)c1. The van der Waals surface area contributed by atoms with Crippen molar-refractivity contribution in [2.45, 2.75) is 49.9 Å². The van der Waals surface area contributed by atoms with Gasteiger partial charge in [-0.05, 0) is 59.0 Å². The third kappa shape index (κ3) is 9.42. The first-order valence-corrected chi connectivity index (χ1v) is 16.0. The highest BCUT2D eigenvalue weighted by Crippen LogP contribution is 2.40. The van der Waals surface area contributed by atoms with Crippen LogP contribution in [0.25, 0.3) is 11.1 Å². The van der Waals surface area contributed by atoms with Crippen molar-refractivity contribution < 1.29 is 28.9 Å². The van der Waals surface area contributed by atoms with Crippen LogP contribution >= 0.6 is 11.8 Å². The largest absolute Gasteiger partial charge is 0.465 e. The summed E-state index contributed by atoms with van der Waals surface area (Å²) in [7, 11) is 0. The first-order valence-electron chi connectivity index (χ1n) is 15.1. The summed E-state index contributed by atoms with van der Waals surface area (Å²) in [4.78, 5) is 24.8. The van der Waals surface area contributed by atoms with Gasteiger partial charge in [0.25, 0.3) is 0 Å². The fraction of sp³-hybridized carbons (Fsp3) is 0.278. The van der Waals surface area contributed by atoms with Crippen LogP contribution in [0.2, 0.25) is 0 Å². The summed E-state index contributed by atoms with van der Waals surface area (Å²) < 4.78 is 18.0. The van der Waals surface area contributed by atoms with Gasteiger partial charge < -0.3 is 30.0 Å². The minimum absolute atomic E-state index is 0.000612. The first-order chi connectivity index (χ1) is 22.0. The van der Waals surface area contributed by atoms with Crippen LogP contribution in [-0.4, -0.2) is 42.1 Å². The molecule has 4 aromatic carbocycles. The van der Waals surface area contributed by atoms with E-state index in [0.29, 0.717) is 6.54 Å². The number of ether oxygens (including phenoxy) is 3. The van der Waals surface area contributed by atoms with E-state index in [2.05, 4.69) is 28.8 Å². The van der Waals surface area contributed by atoms with Gasteiger partial charge in [0.15, 0.2) is 6.29 Å². The lowest BCUT2D eigenvalue weighted by molar-refractivity contribution is -0.245. The number of aliphatic hydroxyl groups excluding tert-OH is 1. The Morgan fingerprint density at radius 2 is 1.60 bits per heavy atom. The van der Waals surface area contributed by atoms with Crippen LogP contribution in [0.5, 0.6) is 0 Å². The molecule has 4 aromatic rings. The van der Waals surface area contributed by atoms with E-state index in [1.54, 1.807) is 18.7 Å². The van der Waals surface area contributed by atoms with E-state index in [0.717, 1.165) is 45.6 Å². The van der Waals surface area contributed by atoms with E-state index in [1.807, 2.05) is 84.9 Å². The molecule has 1 heterocycles. The topological polar surface area (TPSA) is 106 Å². The second-order valence-corrected chi connectivity index (χ2v) is 11.7. The Morgan fingerprint density at radius 1 is 0.844 bits per heavy atom. The smallest absolute Gasteiger partial charge is 0.325 e. The van der Waals surface area contributed by atoms with Gasteiger partial charge in [0, 0.05) is 29.2 Å². The number of esters is 1. The third-order valence-corrected chi connectivity index (χ3v) is 8.51. The Balaban J connectivity index is 1.29. The summed E-state index contributed by atoms with van der Waals surface area (Å²) in [5.41, 5.74) is 5.74. The van der Waals surface area contributed by atoms with E-state index < -0.39 is 18.3 Å². The maximum atomic E-state index is 12.1. The van der Waals surface area contributed by atoms with Gasteiger partial charge in [-0.3, -0.25) is 4.79 Å². The van der Waals surface area contributed by atoms with E-state index in [4.69, 9.17) is 14.2 Å². The molecule has 1 aliphatic rings. The monoisotopic (exact) mass is 626 g/mol. The molecule has 8 nitrogen and oxygen atoms in total. The lowest BCUT2D eigenvalue weighted by Crippen LogP contribution is -2.38. The maximum absolute atomic E-state index is 12.1. The standard InChI is InChI=1S/C36H38N2O6S/c1-2-42-34(40)22-38-36(41)37-21-26-8-6-9-28(18-26)29-10-7-11-30(19-29)35-43-31(24-45-32-12-4-3-5-13-32)20-33(44-35)27-16-14-25(23-39)15-17-27/h3-19,31,33,35,39H,2,20-24H2,1H3,(H2,37,38,41)/t31-,33+,35+/m0/s1. The molecule has 1 aliphatic heterocycles. The van der Waals surface area contributed by atoms with Crippen molar-refractivity contribution in [3.63, 3.8) is 0 Å². The Morgan fingerprint density at radius 3 is 2.36 bits per heavy atom. The number of carbonyl (C=O) groups is 2. The molecule has 0 radical (unpaired) electrons. The predicted octanol–water partition coefficient (Wildman–Crippen LogP) is 6.55. The van der Waals surface area contributed by atoms with Gasteiger partial charge in [-0.15, -0.1) is 11.8 Å². The van der Waals surface area contributed by atoms with Gasteiger partial charge in [0.1, 0.15) is 6.54 Å². The van der Waals surface area contributed by atoms with Crippen LogP contribution < -0.4 is 10.6 Å². The van der Waals surface area contributed by atoms with Gasteiger partial charge in [-0.2, -0.15) is 0 Å². The van der Waals surface area contributed by atoms with E-state index in [9.17, 15) is 14.7 Å². The minimum Gasteiger partial charge on any atom is -0.465 e. The molecule has 3 N–H and O–H groups in total. The molecular weight excluding hydrogens is 588 g/mol. The number of carbonyl (C=O) groups excluding carboxylic acids is 2. The minimum atomic E-state index is -0.560. The van der Waals surface area contributed by atoms with Crippen LogP contribution in [0, 0.1) is 0 Å². The van der Waals surface area contributed by atoms with Crippen LogP contribution in [0.15, 0.2) is 108 Å². The second kappa shape index (κ2) is 16.2. The third-order valence-electron chi connectivity index (χ3n) is 7.36. The van der Waals surface area contributed by atoms with Crippen molar-refractivity contribution in [2.24, 2.45) is 0 Å². The number of hydrogen-bond donors (Lipinski definition) is 3. The molecule has 0 bridgehead atoms. The highest BCUT2D eigenvalue weighted by Gasteiger charge is 2.32. The van der Waals surface area contributed by atoms with Gasteiger partial charge in [0.2, 0.25) is 0 Å². The number of rotatable bonds is 12. The van der Waals surface area contributed by atoms with Crippen molar-refractivity contribution in [1.82, 2.24) is 10.6 Å². The normalized spacial score (nSPS) is 17.8. The van der Waals surface area contributed by atoms with Crippen molar-refractivity contribution in [2.75, 3.05) is 18.9 Å². The summed E-state index contributed by atoms with van der Waals surface area (Å²) in [6.07, 6.45) is -0.0392. The Bertz CT molecular complexity index is 1550. The first kappa shape index (κ1) is 32.2. The predicted molar refractivity (Wildman–Crippen MR) is 174 cm³/mol. The lowest BCUT2D eigenvalue weighted by atomic mass is 9.99. The second-order valence-electron chi connectivity index (χ2n) is 10.6. The van der Waals surface area contributed by atoms with E-state index >= 15 is 0 Å². The average molecular weight is 627 g/mol. The molecule has 0 aromatic heterocycles. The van der Waals surface area contributed by atoms with Gasteiger partial charge in [-0.1, -0.05) is 78.9 Å². The molecule has 45 heavy (non-hydrogen) atoms. The van der Waals surface area contributed by atoms with Crippen LogP contribution in [0.4, 0.5) is 4.79 Å². The fourth-order valence-electron chi connectivity index (χ4n) is 5.06. The van der Waals surface area contributed by atoms with Gasteiger partial charge >= 0.3 is 12.0 Å². The molecule has 0 spiro atoms. The molecule has 0 aliphatic carbocycles. The number of amides is 2. The maximum Gasteiger partial charge on any atom is 0.325 e. The molecule has 9 heteroatoms.